The van der Waals surface area contributed by atoms with Gasteiger partial charge in [0.05, 0.1) is 11.8 Å². The molecule has 6 nitrogen and oxygen atoms in total. The van der Waals surface area contributed by atoms with E-state index in [1.807, 2.05) is 18.2 Å². The first-order valence-electron chi connectivity index (χ1n) is 9.90. The van der Waals surface area contributed by atoms with E-state index in [4.69, 9.17) is 26.1 Å². The Hall–Kier alpha value is -2.35. The monoisotopic (exact) mass is 447 g/mol. The number of para-hydroxylation sites is 1. The van der Waals surface area contributed by atoms with Crippen LogP contribution in [-0.4, -0.2) is 55.7 Å². The third-order valence-corrected chi connectivity index (χ3v) is 6.13. The second-order valence-electron chi connectivity index (χ2n) is 6.62. The van der Waals surface area contributed by atoms with Gasteiger partial charge in [-0.25, -0.2) is 4.98 Å². The van der Waals surface area contributed by atoms with Crippen molar-refractivity contribution in [3.63, 3.8) is 0 Å². The molecule has 2 aromatic carbocycles. The average molecular weight is 448 g/mol. The Morgan fingerprint density at radius 1 is 1.10 bits per heavy atom. The van der Waals surface area contributed by atoms with Gasteiger partial charge in [0.1, 0.15) is 17.0 Å². The van der Waals surface area contributed by atoms with Crippen LogP contribution in [0.4, 0.5) is 5.13 Å². The van der Waals surface area contributed by atoms with Gasteiger partial charge >= 0.3 is 0 Å². The summed E-state index contributed by atoms with van der Waals surface area (Å²) in [6, 6.07) is 12.7. The molecule has 3 rings (SSSR count). The lowest BCUT2D eigenvalue weighted by molar-refractivity contribution is -0.120. The molecule has 160 valence electrons. The molecule has 1 amide bonds. The highest BCUT2D eigenvalue weighted by atomic mass is 35.5. The lowest BCUT2D eigenvalue weighted by atomic mass is 10.3. The van der Waals surface area contributed by atoms with Gasteiger partial charge in [0.15, 0.2) is 11.7 Å². The van der Waals surface area contributed by atoms with E-state index < -0.39 is 0 Å². The second-order valence-corrected chi connectivity index (χ2v) is 8.06. The predicted octanol–water partition coefficient (Wildman–Crippen LogP) is 4.71. The molecule has 30 heavy (non-hydrogen) atoms. The number of aromatic nitrogens is 1. The number of likely N-dealkylation sites (N-methyl/N-ethyl adjacent to an activating group) is 1. The normalized spacial score (nSPS) is 11.1. The van der Waals surface area contributed by atoms with E-state index in [9.17, 15) is 4.79 Å². The van der Waals surface area contributed by atoms with Gasteiger partial charge in [-0.15, -0.1) is 0 Å². The largest absolute Gasteiger partial charge is 0.494 e. The van der Waals surface area contributed by atoms with Crippen LogP contribution in [0.15, 0.2) is 42.5 Å². The number of anilines is 1. The number of rotatable bonds is 10. The van der Waals surface area contributed by atoms with Crippen molar-refractivity contribution >= 4 is 44.2 Å². The quantitative estimate of drug-likeness (QED) is 0.450. The van der Waals surface area contributed by atoms with Crippen LogP contribution < -0.4 is 14.4 Å². The zero-order valence-electron chi connectivity index (χ0n) is 17.4. The third kappa shape index (κ3) is 5.41. The number of methoxy groups -OCH3 is 1. The van der Waals surface area contributed by atoms with Crippen LogP contribution in [0, 0.1) is 0 Å². The number of amides is 1. The first-order chi connectivity index (χ1) is 14.5. The number of hydrogen-bond acceptors (Lipinski definition) is 6. The number of halogens is 1. The molecule has 0 aliphatic heterocycles. The summed E-state index contributed by atoms with van der Waals surface area (Å²) in [5.74, 6) is 1.15. The zero-order chi connectivity index (χ0) is 21.5. The summed E-state index contributed by atoms with van der Waals surface area (Å²) in [5, 5.41) is 1.27. The van der Waals surface area contributed by atoms with Gasteiger partial charge in [0.25, 0.3) is 5.91 Å². The molecule has 0 saturated carbocycles. The van der Waals surface area contributed by atoms with E-state index >= 15 is 0 Å². The standard InChI is InChI=1S/C22H26ClN3O3S/c1-4-25(5-2)13-14-26(20(27)15-29-17-11-9-16(23)10-12-17)22-24-21-18(28-3)7-6-8-19(21)30-22/h6-12H,4-5,13-15H2,1-3H3. The number of carbonyl (C=O) groups excluding carboxylic acids is 1. The number of hydrogen-bond donors (Lipinski definition) is 0. The fraction of sp³-hybridized carbons (Fsp3) is 0.364. The van der Waals surface area contributed by atoms with E-state index in [0.717, 1.165) is 29.9 Å². The Labute approximate surface area is 186 Å². The Balaban J connectivity index is 1.82. The van der Waals surface area contributed by atoms with Crippen molar-refractivity contribution in [3.8, 4) is 11.5 Å². The molecule has 0 fully saturated rings. The first kappa shape index (κ1) is 22.3. The minimum Gasteiger partial charge on any atom is -0.494 e. The average Bonchev–Trinajstić information content (AvgIpc) is 3.20. The lowest BCUT2D eigenvalue weighted by Gasteiger charge is -2.24. The molecule has 1 aromatic heterocycles. The summed E-state index contributed by atoms with van der Waals surface area (Å²) in [6.45, 7) is 7.29. The number of fused-ring (bicyclic) bond motifs is 1. The van der Waals surface area contributed by atoms with Crippen LogP contribution >= 0.6 is 22.9 Å². The van der Waals surface area contributed by atoms with Crippen molar-refractivity contribution in [2.24, 2.45) is 0 Å². The molecule has 3 aromatic rings. The lowest BCUT2D eigenvalue weighted by Crippen LogP contribution is -2.41. The van der Waals surface area contributed by atoms with Crippen LogP contribution in [0.5, 0.6) is 11.5 Å². The number of thiazole rings is 1. The first-order valence-corrected chi connectivity index (χ1v) is 11.1. The van der Waals surface area contributed by atoms with E-state index in [1.54, 1.807) is 36.3 Å². The van der Waals surface area contributed by atoms with Crippen molar-refractivity contribution in [1.82, 2.24) is 9.88 Å². The summed E-state index contributed by atoms with van der Waals surface area (Å²) in [7, 11) is 1.62. The topological polar surface area (TPSA) is 54.9 Å². The predicted molar refractivity (Wildman–Crippen MR) is 123 cm³/mol. The van der Waals surface area contributed by atoms with Crippen molar-refractivity contribution in [1.29, 1.82) is 0 Å². The Morgan fingerprint density at radius 2 is 1.83 bits per heavy atom. The van der Waals surface area contributed by atoms with Crippen LogP contribution in [0.25, 0.3) is 10.2 Å². The highest BCUT2D eigenvalue weighted by Crippen LogP contribution is 2.34. The van der Waals surface area contributed by atoms with Gasteiger partial charge in [-0.05, 0) is 49.5 Å². The molecule has 0 aliphatic rings. The van der Waals surface area contributed by atoms with Gasteiger partial charge in [0, 0.05) is 18.1 Å². The minimum atomic E-state index is -0.143. The summed E-state index contributed by atoms with van der Waals surface area (Å²) >= 11 is 7.39. The number of nitrogens with zero attached hydrogens (tertiary/aromatic N) is 3. The molecule has 8 heteroatoms. The van der Waals surface area contributed by atoms with Crippen LogP contribution in [0.1, 0.15) is 13.8 Å². The summed E-state index contributed by atoms with van der Waals surface area (Å²) in [5.41, 5.74) is 0.763. The second kappa shape index (κ2) is 10.6. The Bertz CT molecular complexity index is 973. The molecule has 0 spiro atoms. The fourth-order valence-corrected chi connectivity index (χ4v) is 4.21. The molecule has 0 saturated heterocycles. The van der Waals surface area contributed by atoms with E-state index in [0.29, 0.717) is 28.2 Å². The number of carbonyl (C=O) groups is 1. The van der Waals surface area contributed by atoms with Crippen molar-refractivity contribution in [3.05, 3.63) is 47.5 Å². The molecule has 0 bridgehead atoms. The maximum atomic E-state index is 13.1. The van der Waals surface area contributed by atoms with Crippen molar-refractivity contribution in [2.75, 3.05) is 44.8 Å². The van der Waals surface area contributed by atoms with Gasteiger partial charge in [-0.1, -0.05) is 42.9 Å². The highest BCUT2D eigenvalue weighted by Gasteiger charge is 2.22. The molecule has 0 unspecified atom stereocenters. The molecule has 1 heterocycles. The highest BCUT2D eigenvalue weighted by molar-refractivity contribution is 7.22. The van der Waals surface area contributed by atoms with Gasteiger partial charge in [-0.2, -0.15) is 0 Å². The number of benzene rings is 2. The fourth-order valence-electron chi connectivity index (χ4n) is 3.05. The molecule has 0 N–H and O–H groups in total. The van der Waals surface area contributed by atoms with Crippen LogP contribution in [0.3, 0.4) is 0 Å². The Morgan fingerprint density at radius 3 is 2.50 bits per heavy atom. The zero-order valence-corrected chi connectivity index (χ0v) is 19.0. The van der Waals surface area contributed by atoms with E-state index in [2.05, 4.69) is 18.7 Å². The summed E-state index contributed by atoms with van der Waals surface area (Å²) < 4.78 is 12.1. The minimum absolute atomic E-state index is 0.0764. The maximum absolute atomic E-state index is 13.1. The van der Waals surface area contributed by atoms with Crippen molar-refractivity contribution in [2.45, 2.75) is 13.8 Å². The maximum Gasteiger partial charge on any atom is 0.266 e. The summed E-state index contributed by atoms with van der Waals surface area (Å²) in [6.07, 6.45) is 0. The van der Waals surface area contributed by atoms with Crippen LogP contribution in [-0.2, 0) is 4.79 Å². The van der Waals surface area contributed by atoms with Crippen LogP contribution in [0.2, 0.25) is 5.02 Å². The van der Waals surface area contributed by atoms with Gasteiger partial charge in [0.2, 0.25) is 0 Å². The molecule has 0 radical (unpaired) electrons. The summed E-state index contributed by atoms with van der Waals surface area (Å²) in [4.78, 5) is 21.8. The SMILES string of the molecule is CCN(CC)CCN(C(=O)COc1ccc(Cl)cc1)c1nc2c(OC)cccc2s1. The molecular weight excluding hydrogens is 422 g/mol. The smallest absolute Gasteiger partial charge is 0.266 e. The number of ether oxygens (including phenoxy) is 2. The third-order valence-electron chi connectivity index (χ3n) is 4.83. The van der Waals surface area contributed by atoms with Crippen molar-refractivity contribution < 1.29 is 14.3 Å². The van der Waals surface area contributed by atoms with Gasteiger partial charge < -0.3 is 14.4 Å². The van der Waals surface area contributed by atoms with E-state index in [-0.39, 0.29) is 12.5 Å². The molecule has 0 atom stereocenters. The van der Waals surface area contributed by atoms with E-state index in [1.165, 1.54) is 11.3 Å². The van der Waals surface area contributed by atoms with Gasteiger partial charge in [-0.3, -0.25) is 9.69 Å². The Kier molecular flexibility index (Phi) is 7.90. The molecule has 0 aliphatic carbocycles. The molecular formula is C22H26ClN3O3S.